The zero-order valence-electron chi connectivity index (χ0n) is 15.6. The van der Waals surface area contributed by atoms with Crippen LogP contribution in [0.3, 0.4) is 0 Å². The molecule has 0 bridgehead atoms. The van der Waals surface area contributed by atoms with Gasteiger partial charge in [0.15, 0.2) is 0 Å². The smallest absolute Gasteiger partial charge is 0.136 e. The summed E-state index contributed by atoms with van der Waals surface area (Å²) in [5.41, 5.74) is 11.1. The number of hydrogen-bond donors (Lipinski definition) is 2. The lowest BCUT2D eigenvalue weighted by atomic mass is 10.0. The first kappa shape index (κ1) is 18.3. The second-order valence-corrected chi connectivity index (χ2v) is 6.53. The Bertz CT molecular complexity index is 1150. The predicted molar refractivity (Wildman–Crippen MR) is 111 cm³/mol. The van der Waals surface area contributed by atoms with Gasteiger partial charge in [0.2, 0.25) is 0 Å². The molecule has 0 saturated heterocycles. The number of rotatable bonds is 6. The molecule has 4 rings (SSSR count). The number of aromatic nitrogens is 2. The Balaban J connectivity index is 1.61. The van der Waals surface area contributed by atoms with Crippen molar-refractivity contribution < 1.29 is 9.13 Å². The van der Waals surface area contributed by atoms with Gasteiger partial charge in [-0.25, -0.2) is 4.39 Å². The molecule has 3 N–H and O–H groups in total. The van der Waals surface area contributed by atoms with E-state index in [9.17, 15) is 4.39 Å². The van der Waals surface area contributed by atoms with Crippen LogP contribution in [0.25, 0.3) is 28.1 Å². The van der Waals surface area contributed by atoms with E-state index in [0.717, 1.165) is 27.9 Å². The van der Waals surface area contributed by atoms with Gasteiger partial charge in [0.05, 0.1) is 17.0 Å². The highest BCUT2D eigenvalue weighted by atomic mass is 19.1. The average Bonchev–Trinajstić information content (AvgIpc) is 3.24. The maximum Gasteiger partial charge on any atom is 0.136 e. The summed E-state index contributed by atoms with van der Waals surface area (Å²) in [5.74, 6) is 0.400. The Morgan fingerprint density at radius 2 is 1.90 bits per heavy atom. The number of hydrogen-bond acceptors (Lipinski definition) is 3. The van der Waals surface area contributed by atoms with Crippen molar-refractivity contribution in [3.63, 3.8) is 0 Å². The molecule has 0 aliphatic heterocycles. The van der Waals surface area contributed by atoms with Gasteiger partial charge in [-0.15, -0.1) is 0 Å². The summed E-state index contributed by atoms with van der Waals surface area (Å²) >= 11 is 0. The zero-order chi connectivity index (χ0) is 20.2. The predicted octanol–water partition coefficient (Wildman–Crippen LogP) is 4.99. The van der Waals surface area contributed by atoms with Gasteiger partial charge < -0.3 is 10.5 Å². The first-order valence-electron chi connectivity index (χ1n) is 9.01. The fourth-order valence-corrected chi connectivity index (χ4v) is 2.92. The fourth-order valence-electron chi connectivity index (χ4n) is 2.92. The molecule has 0 spiro atoms. The van der Waals surface area contributed by atoms with Crippen LogP contribution in [0.5, 0.6) is 5.75 Å². The molecule has 1 aromatic heterocycles. The largest absolute Gasteiger partial charge is 0.488 e. The first-order chi connectivity index (χ1) is 14.1. The third kappa shape index (κ3) is 4.12. The lowest BCUT2D eigenvalue weighted by molar-refractivity contribution is 0.307. The summed E-state index contributed by atoms with van der Waals surface area (Å²) in [6.45, 7) is 4.04. The molecule has 1 heterocycles. The number of ether oxygens (including phenoxy) is 1. The summed E-state index contributed by atoms with van der Waals surface area (Å²) < 4.78 is 19.1. The number of halogens is 1. The number of nitrogens with two attached hydrogens (primary N) is 1. The maximum atomic E-state index is 13.1. The van der Waals surface area contributed by atoms with Crippen LogP contribution < -0.4 is 10.5 Å². The Morgan fingerprint density at radius 1 is 1.10 bits per heavy atom. The normalized spacial score (nSPS) is 10.4. The lowest BCUT2D eigenvalue weighted by Gasteiger charge is -2.10. The van der Waals surface area contributed by atoms with E-state index in [-0.39, 0.29) is 5.82 Å². The molecule has 0 amide bonds. The Morgan fingerprint density at radius 3 is 2.66 bits per heavy atom. The Kier molecular flexibility index (Phi) is 5.00. The van der Waals surface area contributed by atoms with Gasteiger partial charge in [-0.05, 0) is 47.5 Å². The van der Waals surface area contributed by atoms with E-state index in [1.165, 1.54) is 12.1 Å². The van der Waals surface area contributed by atoms with Crippen LogP contribution in [-0.2, 0) is 6.61 Å². The maximum absolute atomic E-state index is 13.1. The van der Waals surface area contributed by atoms with Crippen LogP contribution >= 0.6 is 0 Å². The number of H-pyrrole nitrogens is 1. The van der Waals surface area contributed by atoms with Gasteiger partial charge in [0.25, 0.3) is 0 Å². The van der Waals surface area contributed by atoms with Crippen LogP contribution in [0.1, 0.15) is 11.3 Å². The van der Waals surface area contributed by atoms with E-state index in [4.69, 9.17) is 10.5 Å². The lowest BCUT2D eigenvalue weighted by Crippen LogP contribution is -1.97. The molecule has 0 unspecified atom stereocenters. The van der Waals surface area contributed by atoms with Gasteiger partial charge >= 0.3 is 0 Å². The van der Waals surface area contributed by atoms with Gasteiger partial charge in [-0.2, -0.15) is 5.10 Å². The molecule has 0 saturated carbocycles. The molecule has 4 aromatic rings. The molecule has 0 atom stereocenters. The summed E-state index contributed by atoms with van der Waals surface area (Å²) in [4.78, 5) is 0. The van der Waals surface area contributed by atoms with Crippen molar-refractivity contribution in [3.05, 3.63) is 103 Å². The van der Waals surface area contributed by atoms with Crippen molar-refractivity contribution in [2.45, 2.75) is 6.61 Å². The summed E-state index contributed by atoms with van der Waals surface area (Å²) in [6.07, 6.45) is 0. The third-order valence-corrected chi connectivity index (χ3v) is 4.44. The monoisotopic (exact) mass is 383 g/mol. The molecule has 0 fully saturated rings. The van der Waals surface area contributed by atoms with Crippen molar-refractivity contribution in [1.82, 2.24) is 10.2 Å². The van der Waals surface area contributed by atoms with E-state index < -0.39 is 0 Å². The fraction of sp³-hybridized carbons (Fsp3) is 0.0417. The molecule has 0 radical (unpaired) electrons. The molecule has 29 heavy (non-hydrogen) atoms. The molecule has 5 heteroatoms. The Labute approximate surface area is 168 Å². The van der Waals surface area contributed by atoms with E-state index in [2.05, 4.69) is 28.9 Å². The minimum atomic E-state index is -0.270. The van der Waals surface area contributed by atoms with Crippen LogP contribution in [0.4, 0.5) is 4.39 Å². The van der Waals surface area contributed by atoms with Crippen molar-refractivity contribution in [2.75, 3.05) is 0 Å². The van der Waals surface area contributed by atoms with Gasteiger partial charge in [0, 0.05) is 11.3 Å². The van der Waals surface area contributed by atoms with Crippen molar-refractivity contribution in [1.29, 1.82) is 0 Å². The van der Waals surface area contributed by atoms with E-state index in [1.54, 1.807) is 18.2 Å². The highest BCUT2D eigenvalue weighted by molar-refractivity contribution is 5.75. The van der Waals surface area contributed by atoms with Crippen molar-refractivity contribution in [3.8, 4) is 28.1 Å². The van der Waals surface area contributed by atoms with Crippen molar-refractivity contribution in [2.24, 2.45) is 5.73 Å². The molecule has 0 aliphatic rings. The summed E-state index contributed by atoms with van der Waals surface area (Å²) in [5, 5.41) is 7.18. The summed E-state index contributed by atoms with van der Waals surface area (Å²) in [7, 11) is 0. The molecule has 4 nitrogen and oxygen atoms in total. The van der Waals surface area contributed by atoms with E-state index in [0.29, 0.717) is 23.7 Å². The zero-order valence-corrected chi connectivity index (χ0v) is 15.6. The second-order valence-electron chi connectivity index (χ2n) is 6.53. The molecular formula is C24H18FN3O. The van der Waals surface area contributed by atoms with Gasteiger partial charge in [-0.3, -0.25) is 5.10 Å². The molecule has 0 aliphatic carbocycles. The average molecular weight is 383 g/mol. The van der Waals surface area contributed by atoms with Crippen molar-refractivity contribution >= 4 is 5.70 Å². The van der Waals surface area contributed by atoms with Gasteiger partial charge in [-0.1, -0.05) is 49.0 Å². The third-order valence-electron chi connectivity index (χ3n) is 4.44. The number of benzene rings is 2. The summed E-state index contributed by atoms with van der Waals surface area (Å²) in [6, 6.07) is 25.7. The SMILES string of the molecule is C=C(N)c1cc(-c2cccc(-c3c#cccc3OCc3ccc(F)cc3)c2)n[nH]1. The van der Waals surface area contributed by atoms with Crippen LogP contribution in [-0.4, -0.2) is 10.2 Å². The highest BCUT2D eigenvalue weighted by Gasteiger charge is 2.10. The van der Waals surface area contributed by atoms with Gasteiger partial charge in [0.1, 0.15) is 18.2 Å². The molecular weight excluding hydrogens is 365 g/mol. The van der Waals surface area contributed by atoms with Crippen LogP contribution in [0, 0.1) is 17.9 Å². The van der Waals surface area contributed by atoms with Crippen LogP contribution in [0.2, 0.25) is 0 Å². The highest BCUT2D eigenvalue weighted by Crippen LogP contribution is 2.31. The van der Waals surface area contributed by atoms with Crippen LogP contribution in [0.15, 0.2) is 73.3 Å². The Hall–Kier alpha value is -4.04. The topological polar surface area (TPSA) is 63.9 Å². The minimum Gasteiger partial charge on any atom is -0.488 e. The van der Waals surface area contributed by atoms with E-state index in [1.807, 2.05) is 36.4 Å². The molecule has 3 aromatic carbocycles. The minimum absolute atomic E-state index is 0.270. The standard InChI is InChI=1S/C24H18FN3O/c1-16(26)22-14-23(28-27-22)19-6-4-5-18(13-19)21-7-2-3-8-24(21)29-15-17-9-11-20(25)12-10-17/h3-6,8-14H,1,15,26H2,(H,27,28). The number of aromatic amines is 1. The number of nitrogens with one attached hydrogen (secondary N) is 1. The first-order valence-corrected chi connectivity index (χ1v) is 9.01. The quantitative estimate of drug-likeness (QED) is 0.493. The molecule has 142 valence electrons. The number of nitrogens with zero attached hydrogens (tertiary/aromatic N) is 1. The second kappa shape index (κ2) is 7.91. The van der Waals surface area contributed by atoms with E-state index >= 15 is 0 Å².